The molecule has 0 spiro atoms. The maximum absolute atomic E-state index is 12.5. The van der Waals surface area contributed by atoms with Crippen molar-refractivity contribution in [1.82, 2.24) is 0 Å². The minimum absolute atomic E-state index is 0.645. The Hall–Kier alpha value is 0.540. The van der Waals surface area contributed by atoms with E-state index in [4.69, 9.17) is 13.6 Å². The Labute approximate surface area is 152 Å². The molecule has 0 fully saturated rings. The topological polar surface area (TPSA) is 44.8 Å². The van der Waals surface area contributed by atoms with E-state index in [-0.39, 0.29) is 0 Å². The third-order valence-electron chi connectivity index (χ3n) is 3.46. The van der Waals surface area contributed by atoms with Gasteiger partial charge >= 0.3 is 8.60 Å². The Morgan fingerprint density at radius 3 is 1.12 bits per heavy atom. The molecule has 0 amide bonds. The summed E-state index contributed by atoms with van der Waals surface area (Å²) >= 11 is 0. The van der Waals surface area contributed by atoms with Crippen LogP contribution < -0.4 is 0 Å². The first-order chi connectivity index (χ1) is 11.5. The molecular weight excluding hydrogens is 342 g/mol. The Kier molecular flexibility index (Phi) is 22.1. The van der Waals surface area contributed by atoms with Crippen molar-refractivity contribution in [3.63, 3.8) is 0 Å². The molecule has 0 aromatic rings. The van der Waals surface area contributed by atoms with Gasteiger partial charge < -0.3 is 18.1 Å². The van der Waals surface area contributed by atoms with E-state index in [9.17, 15) is 4.57 Å². The lowest BCUT2D eigenvalue weighted by atomic mass is 10.4. The lowest BCUT2D eigenvalue weighted by molar-refractivity contribution is 0.176. The predicted octanol–water partition coefficient (Wildman–Crippen LogP) is 7.07. The van der Waals surface area contributed by atoms with Crippen molar-refractivity contribution < 1.29 is 18.1 Å². The largest absolute Gasteiger partial charge is 0.332 e. The first kappa shape index (κ1) is 26.8. The van der Waals surface area contributed by atoms with Crippen molar-refractivity contribution in [3.05, 3.63) is 0 Å². The molecule has 0 aliphatic heterocycles. The Morgan fingerprint density at radius 1 is 0.625 bits per heavy atom. The fraction of sp³-hybridized carbons (Fsp3) is 1.00. The van der Waals surface area contributed by atoms with Crippen LogP contribution in [0.4, 0.5) is 0 Å². The summed E-state index contributed by atoms with van der Waals surface area (Å²) in [5.41, 5.74) is 0. The highest BCUT2D eigenvalue weighted by Crippen LogP contribution is 2.48. The van der Waals surface area contributed by atoms with Crippen LogP contribution in [0.15, 0.2) is 0 Å². The summed E-state index contributed by atoms with van der Waals surface area (Å²) in [6, 6.07) is 0. The second-order valence-corrected chi connectivity index (χ2v) is 10.4. The van der Waals surface area contributed by atoms with Crippen LogP contribution in [0.25, 0.3) is 0 Å². The van der Waals surface area contributed by atoms with Crippen LogP contribution in [-0.2, 0) is 18.1 Å². The standard InChI is InChI=1S/C12H27OP.C6H15O3P/c1-4-7-10-14(13,11-8-5-2)12-9-6-3;1-4-7-10(8-5-2)9-6-3/h4-12H2,1-3H3;4-6H2,1-3H3. The normalized spacial score (nSPS) is 11.5. The van der Waals surface area contributed by atoms with Crippen molar-refractivity contribution in [2.45, 2.75) is 80.1 Å². The van der Waals surface area contributed by atoms with Gasteiger partial charge in [0.15, 0.2) is 0 Å². The van der Waals surface area contributed by atoms with Crippen molar-refractivity contribution in [1.29, 1.82) is 0 Å². The second-order valence-electron chi connectivity index (χ2n) is 5.77. The lowest BCUT2D eigenvalue weighted by Crippen LogP contribution is -2.00. The molecule has 0 aliphatic rings. The number of hydrogen-bond donors (Lipinski definition) is 0. The van der Waals surface area contributed by atoms with E-state index >= 15 is 0 Å². The molecule has 0 saturated carbocycles. The molecule has 4 nitrogen and oxygen atoms in total. The van der Waals surface area contributed by atoms with Gasteiger partial charge in [0.1, 0.15) is 0 Å². The van der Waals surface area contributed by atoms with E-state index < -0.39 is 15.7 Å². The van der Waals surface area contributed by atoms with Crippen molar-refractivity contribution in [2.24, 2.45) is 0 Å². The number of rotatable bonds is 15. The molecule has 0 unspecified atom stereocenters. The predicted molar refractivity (Wildman–Crippen MR) is 109 cm³/mol. The highest BCUT2D eigenvalue weighted by Gasteiger charge is 2.19. The van der Waals surface area contributed by atoms with Gasteiger partial charge in [-0.3, -0.25) is 0 Å². The van der Waals surface area contributed by atoms with E-state index in [1.807, 2.05) is 20.8 Å². The third kappa shape index (κ3) is 17.4. The van der Waals surface area contributed by atoms with E-state index in [0.717, 1.165) is 37.7 Å². The molecule has 0 aromatic carbocycles. The van der Waals surface area contributed by atoms with Gasteiger partial charge in [-0.15, -0.1) is 0 Å². The zero-order valence-electron chi connectivity index (χ0n) is 17.0. The van der Waals surface area contributed by atoms with E-state index in [1.54, 1.807) is 0 Å². The van der Waals surface area contributed by atoms with Crippen molar-refractivity contribution >= 4 is 15.7 Å². The van der Waals surface area contributed by atoms with Gasteiger partial charge in [0.25, 0.3) is 0 Å². The third-order valence-corrected chi connectivity index (χ3v) is 8.26. The Morgan fingerprint density at radius 2 is 0.917 bits per heavy atom. The van der Waals surface area contributed by atoms with Crippen molar-refractivity contribution in [2.75, 3.05) is 38.3 Å². The molecular formula is C18H42O4P2. The molecule has 0 rings (SSSR count). The van der Waals surface area contributed by atoms with Crippen LogP contribution in [0.1, 0.15) is 80.1 Å². The maximum Gasteiger partial charge on any atom is 0.332 e. The Balaban J connectivity index is 0. The average Bonchev–Trinajstić information content (AvgIpc) is 2.58. The van der Waals surface area contributed by atoms with E-state index in [0.29, 0.717) is 19.8 Å². The number of unbranched alkanes of at least 4 members (excludes halogenated alkanes) is 3. The fourth-order valence-electron chi connectivity index (χ4n) is 2.10. The molecule has 0 bridgehead atoms. The summed E-state index contributed by atoms with van der Waals surface area (Å²) in [6.07, 6.45) is 10.0. The van der Waals surface area contributed by atoms with Crippen LogP contribution in [0.5, 0.6) is 0 Å². The number of hydrogen-bond acceptors (Lipinski definition) is 4. The van der Waals surface area contributed by atoms with Gasteiger partial charge in [0.05, 0.1) is 27.0 Å². The minimum atomic E-state index is -1.77. The summed E-state index contributed by atoms with van der Waals surface area (Å²) in [6.45, 7) is 14.3. The van der Waals surface area contributed by atoms with Gasteiger partial charge in [-0.25, -0.2) is 0 Å². The summed E-state index contributed by atoms with van der Waals surface area (Å²) in [4.78, 5) is 0. The zero-order chi connectivity index (χ0) is 18.7. The molecule has 0 atom stereocenters. The first-order valence-corrected chi connectivity index (χ1v) is 13.1. The van der Waals surface area contributed by atoms with Crippen LogP contribution >= 0.6 is 15.7 Å². The molecule has 24 heavy (non-hydrogen) atoms. The van der Waals surface area contributed by atoms with Gasteiger partial charge in [-0.2, -0.15) is 0 Å². The molecule has 6 heteroatoms. The fourth-order valence-corrected chi connectivity index (χ4v) is 6.31. The minimum Gasteiger partial charge on any atom is -0.324 e. The van der Waals surface area contributed by atoms with E-state index in [2.05, 4.69) is 20.8 Å². The second kappa shape index (κ2) is 19.9. The lowest BCUT2D eigenvalue weighted by Gasteiger charge is -2.17. The smallest absolute Gasteiger partial charge is 0.324 e. The highest BCUT2D eigenvalue weighted by atomic mass is 31.2. The summed E-state index contributed by atoms with van der Waals surface area (Å²) in [5.74, 6) is 0. The van der Waals surface area contributed by atoms with Crippen LogP contribution in [0, 0.1) is 0 Å². The van der Waals surface area contributed by atoms with Crippen LogP contribution in [-0.4, -0.2) is 38.3 Å². The molecule has 0 radical (unpaired) electrons. The van der Waals surface area contributed by atoms with Crippen LogP contribution in [0.3, 0.4) is 0 Å². The van der Waals surface area contributed by atoms with Crippen molar-refractivity contribution in [3.8, 4) is 0 Å². The summed E-state index contributed by atoms with van der Waals surface area (Å²) in [5, 5.41) is 0. The highest BCUT2D eigenvalue weighted by molar-refractivity contribution is 7.63. The quantitative estimate of drug-likeness (QED) is 0.283. The molecule has 0 N–H and O–H groups in total. The van der Waals surface area contributed by atoms with Gasteiger partial charge in [-0.1, -0.05) is 40.0 Å². The zero-order valence-corrected chi connectivity index (χ0v) is 18.8. The monoisotopic (exact) mass is 384 g/mol. The first-order valence-electron chi connectivity index (χ1n) is 9.79. The van der Waals surface area contributed by atoms with Gasteiger partial charge in [0, 0.05) is 18.5 Å². The molecule has 0 saturated heterocycles. The maximum atomic E-state index is 12.5. The van der Waals surface area contributed by atoms with Gasteiger partial charge in [-0.05, 0) is 40.0 Å². The van der Waals surface area contributed by atoms with Crippen LogP contribution in [0.2, 0.25) is 0 Å². The molecule has 0 aromatic heterocycles. The SMILES string of the molecule is CCCCP(=O)(CCCC)CCCC.CCOP(OCC)OCC. The molecule has 148 valence electrons. The van der Waals surface area contributed by atoms with E-state index in [1.165, 1.54) is 19.3 Å². The van der Waals surface area contributed by atoms with Gasteiger partial charge in [0.2, 0.25) is 0 Å². The summed E-state index contributed by atoms with van der Waals surface area (Å²) in [7, 11) is -2.83. The molecule has 0 aliphatic carbocycles. The molecule has 0 heterocycles. The summed E-state index contributed by atoms with van der Waals surface area (Å²) < 4.78 is 27.9. The Bertz CT molecular complexity index is 245. The average molecular weight is 384 g/mol.